The summed E-state index contributed by atoms with van der Waals surface area (Å²) in [6, 6.07) is 7.14. The van der Waals surface area contributed by atoms with Gasteiger partial charge in [-0.1, -0.05) is 12.1 Å². The van der Waals surface area contributed by atoms with Gasteiger partial charge in [0.1, 0.15) is 5.82 Å². The number of carbonyl (C=O) groups is 1. The van der Waals surface area contributed by atoms with Gasteiger partial charge in [0.05, 0.1) is 23.0 Å². The summed E-state index contributed by atoms with van der Waals surface area (Å²) in [5.74, 6) is -0.988. The van der Waals surface area contributed by atoms with E-state index < -0.39 is 51.0 Å². The Balaban J connectivity index is 1.72. The third-order valence-corrected chi connectivity index (χ3v) is 6.25. The average molecular weight is 430 g/mol. The van der Waals surface area contributed by atoms with E-state index in [-0.39, 0.29) is 0 Å². The van der Waals surface area contributed by atoms with Crippen LogP contribution in [-0.2, 0) is 27.4 Å². The molecule has 3 rings (SSSR count). The molecule has 10 heteroatoms. The van der Waals surface area contributed by atoms with Gasteiger partial charge in [0.15, 0.2) is 0 Å². The van der Waals surface area contributed by atoms with Crippen molar-refractivity contribution in [3.63, 3.8) is 0 Å². The first kappa shape index (κ1) is 21.3. The Bertz CT molecular complexity index is 1040. The van der Waals surface area contributed by atoms with E-state index in [1.54, 1.807) is 13.0 Å². The van der Waals surface area contributed by atoms with Crippen LogP contribution in [0.4, 0.5) is 17.6 Å². The van der Waals surface area contributed by atoms with Crippen LogP contribution in [0.25, 0.3) is 0 Å². The number of benzene rings is 2. The van der Waals surface area contributed by atoms with Gasteiger partial charge in [0.25, 0.3) is 0 Å². The molecule has 1 amide bonds. The molecule has 0 radical (unpaired) electrons. The molecule has 1 heterocycles. The van der Waals surface area contributed by atoms with Crippen LogP contribution >= 0.6 is 0 Å². The highest BCUT2D eigenvalue weighted by Gasteiger charge is 2.32. The Morgan fingerprint density at radius 3 is 2.62 bits per heavy atom. The topological polar surface area (TPSA) is 66.5 Å². The number of sulfonamides is 1. The van der Waals surface area contributed by atoms with E-state index in [2.05, 4.69) is 0 Å². The lowest BCUT2D eigenvalue weighted by Gasteiger charge is -2.35. The standard InChI is InChI=1S/C19H18F4N2O3S/c1-12-17-10-15(20)6-5-13(17)7-8-25(12)18(26)11-24-29(27,28)16-4-2-3-14(9-16)19(21,22)23/h2-6,9-10,12,24H,7-8,11H2,1H3. The van der Waals surface area contributed by atoms with E-state index in [0.717, 1.165) is 23.8 Å². The molecule has 0 fully saturated rings. The summed E-state index contributed by atoms with van der Waals surface area (Å²) < 4.78 is 78.6. The van der Waals surface area contributed by atoms with Crippen molar-refractivity contribution in [1.29, 1.82) is 0 Å². The van der Waals surface area contributed by atoms with Crippen molar-refractivity contribution in [2.45, 2.75) is 30.5 Å². The number of amides is 1. The fourth-order valence-electron chi connectivity index (χ4n) is 3.31. The molecule has 29 heavy (non-hydrogen) atoms. The van der Waals surface area contributed by atoms with Crippen molar-refractivity contribution in [2.75, 3.05) is 13.1 Å². The van der Waals surface area contributed by atoms with E-state index in [1.807, 2.05) is 4.72 Å². The molecule has 0 aliphatic carbocycles. The van der Waals surface area contributed by atoms with Crippen molar-refractivity contribution in [3.8, 4) is 0 Å². The Hall–Kier alpha value is -2.46. The molecule has 2 aromatic carbocycles. The Morgan fingerprint density at radius 2 is 1.93 bits per heavy atom. The van der Waals surface area contributed by atoms with E-state index in [1.165, 1.54) is 17.0 Å². The monoisotopic (exact) mass is 430 g/mol. The summed E-state index contributed by atoms with van der Waals surface area (Å²) >= 11 is 0. The molecule has 1 N–H and O–H groups in total. The highest BCUT2D eigenvalue weighted by Crippen LogP contribution is 2.31. The van der Waals surface area contributed by atoms with Gasteiger partial charge in [-0.05, 0) is 54.8 Å². The number of alkyl halides is 3. The maximum absolute atomic E-state index is 13.5. The Kier molecular flexibility index (Phi) is 5.68. The van der Waals surface area contributed by atoms with Crippen LogP contribution in [0.15, 0.2) is 47.4 Å². The number of carbonyl (C=O) groups excluding carboxylic acids is 1. The Morgan fingerprint density at radius 1 is 1.21 bits per heavy atom. The van der Waals surface area contributed by atoms with Gasteiger partial charge in [0.2, 0.25) is 15.9 Å². The minimum Gasteiger partial charge on any atom is -0.334 e. The first-order chi connectivity index (χ1) is 13.5. The highest BCUT2D eigenvalue weighted by molar-refractivity contribution is 7.89. The molecule has 0 saturated carbocycles. The number of nitrogens with one attached hydrogen (secondary N) is 1. The van der Waals surface area contributed by atoms with Gasteiger partial charge in [0, 0.05) is 6.54 Å². The first-order valence-corrected chi connectivity index (χ1v) is 10.2. The summed E-state index contributed by atoms with van der Waals surface area (Å²) in [7, 11) is -4.32. The average Bonchev–Trinajstić information content (AvgIpc) is 2.66. The number of nitrogens with zero attached hydrogens (tertiary/aromatic N) is 1. The molecule has 0 aromatic heterocycles. The van der Waals surface area contributed by atoms with Crippen LogP contribution in [0.5, 0.6) is 0 Å². The lowest BCUT2D eigenvalue weighted by molar-refractivity contribution is -0.137. The van der Waals surface area contributed by atoms with Crippen LogP contribution in [0.3, 0.4) is 0 Å². The summed E-state index contributed by atoms with van der Waals surface area (Å²) in [5.41, 5.74) is 0.452. The molecule has 1 aliphatic heterocycles. The zero-order chi connectivity index (χ0) is 21.4. The van der Waals surface area contributed by atoms with Crippen molar-refractivity contribution in [2.24, 2.45) is 0 Å². The van der Waals surface area contributed by atoms with Gasteiger partial charge in [-0.15, -0.1) is 0 Å². The zero-order valence-corrected chi connectivity index (χ0v) is 16.1. The minimum atomic E-state index is -4.69. The molecule has 1 unspecified atom stereocenters. The second-order valence-corrected chi connectivity index (χ2v) is 8.47. The van der Waals surface area contributed by atoms with Crippen LogP contribution in [0.1, 0.15) is 29.7 Å². The quantitative estimate of drug-likeness (QED) is 0.758. The van der Waals surface area contributed by atoms with E-state index >= 15 is 0 Å². The highest BCUT2D eigenvalue weighted by atomic mass is 32.2. The van der Waals surface area contributed by atoms with E-state index in [0.29, 0.717) is 24.6 Å². The number of rotatable bonds is 4. The normalized spacial score (nSPS) is 17.1. The maximum Gasteiger partial charge on any atom is 0.416 e. The van der Waals surface area contributed by atoms with Gasteiger partial charge in [-0.25, -0.2) is 17.5 Å². The molecule has 1 atom stereocenters. The Labute approximate surface area is 165 Å². The van der Waals surface area contributed by atoms with Crippen LogP contribution in [0, 0.1) is 5.82 Å². The molecular weight excluding hydrogens is 412 g/mol. The molecule has 5 nitrogen and oxygen atoms in total. The summed E-state index contributed by atoms with van der Waals surface area (Å²) in [6.45, 7) is 1.41. The zero-order valence-electron chi connectivity index (χ0n) is 15.3. The molecule has 156 valence electrons. The molecule has 0 spiro atoms. The smallest absolute Gasteiger partial charge is 0.334 e. The molecule has 0 saturated heterocycles. The van der Waals surface area contributed by atoms with Crippen molar-refractivity contribution in [1.82, 2.24) is 9.62 Å². The van der Waals surface area contributed by atoms with Gasteiger partial charge < -0.3 is 4.90 Å². The SMILES string of the molecule is CC1c2cc(F)ccc2CCN1C(=O)CNS(=O)(=O)c1cccc(C(F)(F)F)c1. The predicted octanol–water partition coefficient (Wildman–Crippen LogP) is 3.27. The number of hydrogen-bond donors (Lipinski definition) is 1. The third-order valence-electron chi connectivity index (χ3n) is 4.85. The number of fused-ring (bicyclic) bond motifs is 1. The second kappa shape index (κ2) is 7.75. The fraction of sp³-hybridized carbons (Fsp3) is 0.316. The predicted molar refractivity (Wildman–Crippen MR) is 96.9 cm³/mol. The summed E-state index contributed by atoms with van der Waals surface area (Å²) in [6.07, 6.45) is -4.20. The number of halogens is 4. The largest absolute Gasteiger partial charge is 0.416 e. The minimum absolute atomic E-state index is 0.323. The third kappa shape index (κ3) is 4.59. The van der Waals surface area contributed by atoms with Crippen molar-refractivity contribution >= 4 is 15.9 Å². The van der Waals surface area contributed by atoms with Crippen molar-refractivity contribution < 1.29 is 30.8 Å². The van der Waals surface area contributed by atoms with Crippen LogP contribution in [-0.4, -0.2) is 32.3 Å². The van der Waals surface area contributed by atoms with E-state index in [9.17, 15) is 30.8 Å². The molecule has 2 aromatic rings. The first-order valence-electron chi connectivity index (χ1n) is 8.74. The summed E-state index contributed by atoms with van der Waals surface area (Å²) in [4.78, 5) is 13.4. The van der Waals surface area contributed by atoms with Gasteiger partial charge in [-0.3, -0.25) is 4.79 Å². The van der Waals surface area contributed by atoms with Crippen molar-refractivity contribution in [3.05, 3.63) is 65.0 Å². The van der Waals surface area contributed by atoms with E-state index in [4.69, 9.17) is 0 Å². The van der Waals surface area contributed by atoms with Gasteiger partial charge >= 0.3 is 6.18 Å². The van der Waals surface area contributed by atoms with Gasteiger partial charge in [-0.2, -0.15) is 13.2 Å². The van der Waals surface area contributed by atoms with Crippen LogP contribution in [0.2, 0.25) is 0 Å². The molecular formula is C19H18F4N2O3S. The summed E-state index contributed by atoms with van der Waals surface area (Å²) in [5, 5.41) is 0. The molecule has 1 aliphatic rings. The molecule has 0 bridgehead atoms. The fourth-order valence-corrected chi connectivity index (χ4v) is 4.33. The van der Waals surface area contributed by atoms with Crippen LogP contribution < -0.4 is 4.72 Å². The number of hydrogen-bond acceptors (Lipinski definition) is 3. The lowest BCUT2D eigenvalue weighted by atomic mass is 9.93. The maximum atomic E-state index is 13.5. The lowest BCUT2D eigenvalue weighted by Crippen LogP contribution is -2.44. The second-order valence-electron chi connectivity index (χ2n) is 6.71.